The molecule has 2 N–H and O–H groups in total. The minimum atomic E-state index is 0.482. The third-order valence-electron chi connectivity index (χ3n) is 2.35. The normalized spacial score (nSPS) is 10.3. The van der Waals surface area contributed by atoms with Crippen LogP contribution in [-0.4, -0.2) is 16.3 Å². The van der Waals surface area contributed by atoms with E-state index >= 15 is 0 Å². The van der Waals surface area contributed by atoms with Crippen LogP contribution in [-0.2, 0) is 6.54 Å². The van der Waals surface area contributed by atoms with E-state index in [-0.39, 0.29) is 0 Å². The number of pyridine rings is 1. The van der Waals surface area contributed by atoms with E-state index in [1.807, 2.05) is 48.5 Å². The van der Waals surface area contributed by atoms with E-state index in [1.165, 1.54) is 5.56 Å². The van der Waals surface area contributed by atoms with Crippen LogP contribution in [0.2, 0.25) is 0 Å². The molecular formula is C14H14N4S. The van der Waals surface area contributed by atoms with Gasteiger partial charge in [-0.15, -0.1) is 0 Å². The van der Waals surface area contributed by atoms with E-state index in [4.69, 9.17) is 12.2 Å². The maximum absolute atomic E-state index is 5.11. The average molecular weight is 270 g/mol. The van der Waals surface area contributed by atoms with Gasteiger partial charge in [0.25, 0.3) is 0 Å². The fraction of sp³-hybridized carbons (Fsp3) is 0.0714. The Bertz CT molecular complexity index is 540. The summed E-state index contributed by atoms with van der Waals surface area (Å²) < 4.78 is 0. The van der Waals surface area contributed by atoms with Gasteiger partial charge in [-0.1, -0.05) is 36.4 Å². The predicted molar refractivity (Wildman–Crippen MR) is 80.8 cm³/mol. The summed E-state index contributed by atoms with van der Waals surface area (Å²) in [7, 11) is 0. The largest absolute Gasteiger partial charge is 0.357 e. The first-order chi connectivity index (χ1) is 9.34. The smallest absolute Gasteiger partial charge is 0.187 e. The van der Waals surface area contributed by atoms with Gasteiger partial charge in [-0.3, -0.25) is 10.4 Å². The molecule has 2 rings (SSSR count). The summed E-state index contributed by atoms with van der Waals surface area (Å²) in [6.07, 6.45) is 3.34. The molecule has 0 spiro atoms. The Morgan fingerprint density at radius 2 is 1.95 bits per heavy atom. The van der Waals surface area contributed by atoms with Crippen molar-refractivity contribution in [2.45, 2.75) is 6.54 Å². The first-order valence-corrected chi connectivity index (χ1v) is 6.27. The molecule has 1 heterocycles. The third kappa shape index (κ3) is 4.85. The molecule has 19 heavy (non-hydrogen) atoms. The number of nitrogens with zero attached hydrogens (tertiary/aromatic N) is 2. The second-order valence-electron chi connectivity index (χ2n) is 3.79. The van der Waals surface area contributed by atoms with Crippen molar-refractivity contribution in [3.8, 4) is 0 Å². The van der Waals surface area contributed by atoms with Crippen molar-refractivity contribution in [3.05, 3.63) is 66.0 Å². The molecule has 4 nitrogen and oxygen atoms in total. The zero-order valence-electron chi connectivity index (χ0n) is 10.3. The molecule has 0 atom stereocenters. The maximum Gasteiger partial charge on any atom is 0.187 e. The summed E-state index contributed by atoms with van der Waals surface area (Å²) in [4.78, 5) is 4.12. The zero-order valence-corrected chi connectivity index (χ0v) is 11.1. The summed E-state index contributed by atoms with van der Waals surface area (Å²) in [6, 6.07) is 15.7. The van der Waals surface area contributed by atoms with E-state index in [0.717, 1.165) is 5.69 Å². The molecule has 0 fully saturated rings. The lowest BCUT2D eigenvalue weighted by Gasteiger charge is -2.06. The highest BCUT2D eigenvalue weighted by Crippen LogP contribution is 1.96. The lowest BCUT2D eigenvalue weighted by Crippen LogP contribution is -2.31. The number of hydrogen-bond donors (Lipinski definition) is 2. The van der Waals surface area contributed by atoms with E-state index < -0.39 is 0 Å². The second kappa shape index (κ2) is 7.23. The highest BCUT2D eigenvalue weighted by atomic mass is 32.1. The van der Waals surface area contributed by atoms with E-state index in [9.17, 15) is 0 Å². The van der Waals surface area contributed by atoms with Crippen LogP contribution in [0.3, 0.4) is 0 Å². The number of rotatable bonds is 4. The van der Waals surface area contributed by atoms with Gasteiger partial charge in [0, 0.05) is 12.7 Å². The average Bonchev–Trinajstić information content (AvgIpc) is 2.47. The molecule has 1 aromatic heterocycles. The van der Waals surface area contributed by atoms with Crippen molar-refractivity contribution in [2.75, 3.05) is 0 Å². The van der Waals surface area contributed by atoms with Gasteiger partial charge >= 0.3 is 0 Å². The number of benzene rings is 1. The molecule has 2 aromatic rings. The molecule has 0 aliphatic heterocycles. The topological polar surface area (TPSA) is 49.3 Å². The molecular weight excluding hydrogens is 256 g/mol. The fourth-order valence-corrected chi connectivity index (χ4v) is 1.55. The third-order valence-corrected chi connectivity index (χ3v) is 2.58. The standard InChI is InChI=1S/C14H14N4S/c19-14(16-10-12-6-2-1-3-7-12)18-17-11-13-8-4-5-9-15-13/h1-9,11H,10H2,(H2,16,18,19)/b17-11-. The van der Waals surface area contributed by atoms with Crippen molar-refractivity contribution in [2.24, 2.45) is 5.10 Å². The summed E-state index contributed by atoms with van der Waals surface area (Å²) >= 11 is 5.11. The molecule has 0 bridgehead atoms. The van der Waals surface area contributed by atoms with Gasteiger partial charge in [0.15, 0.2) is 5.11 Å². The van der Waals surface area contributed by atoms with Gasteiger partial charge in [0.1, 0.15) is 0 Å². The highest BCUT2D eigenvalue weighted by Gasteiger charge is 1.94. The Morgan fingerprint density at radius 3 is 2.68 bits per heavy atom. The molecule has 0 unspecified atom stereocenters. The van der Waals surface area contributed by atoms with Gasteiger partial charge in [0.2, 0.25) is 0 Å². The number of hydrazone groups is 1. The summed E-state index contributed by atoms with van der Waals surface area (Å²) in [5.74, 6) is 0. The van der Waals surface area contributed by atoms with Crippen LogP contribution in [0.15, 0.2) is 59.8 Å². The molecule has 0 saturated heterocycles. The summed E-state index contributed by atoms with van der Waals surface area (Å²) in [6.45, 7) is 0.672. The monoisotopic (exact) mass is 270 g/mol. The number of thiocarbonyl (C=S) groups is 1. The lowest BCUT2D eigenvalue weighted by molar-refractivity contribution is 0.868. The highest BCUT2D eigenvalue weighted by molar-refractivity contribution is 7.80. The maximum atomic E-state index is 5.11. The van der Waals surface area contributed by atoms with Crippen LogP contribution in [0.1, 0.15) is 11.3 Å². The van der Waals surface area contributed by atoms with Crippen LogP contribution in [0.4, 0.5) is 0 Å². The van der Waals surface area contributed by atoms with Crippen LogP contribution < -0.4 is 10.7 Å². The van der Waals surface area contributed by atoms with Gasteiger partial charge in [0.05, 0.1) is 11.9 Å². The molecule has 0 aliphatic carbocycles. The minimum absolute atomic E-state index is 0.482. The first kappa shape index (κ1) is 13.2. The number of nitrogens with one attached hydrogen (secondary N) is 2. The van der Waals surface area contributed by atoms with E-state index in [2.05, 4.69) is 20.8 Å². The Balaban J connectivity index is 1.75. The second-order valence-corrected chi connectivity index (χ2v) is 4.20. The Morgan fingerprint density at radius 1 is 1.16 bits per heavy atom. The lowest BCUT2D eigenvalue weighted by atomic mass is 10.2. The number of hydrogen-bond acceptors (Lipinski definition) is 3. The Labute approximate surface area is 117 Å². The van der Waals surface area contributed by atoms with Gasteiger partial charge in [-0.05, 0) is 29.9 Å². The Hall–Kier alpha value is -2.27. The minimum Gasteiger partial charge on any atom is -0.357 e. The summed E-state index contributed by atoms with van der Waals surface area (Å²) in [5.41, 5.74) is 4.70. The predicted octanol–water partition coefficient (Wildman–Crippen LogP) is 2.08. The van der Waals surface area contributed by atoms with Gasteiger partial charge in [-0.2, -0.15) is 5.10 Å². The van der Waals surface area contributed by atoms with E-state index in [0.29, 0.717) is 11.7 Å². The van der Waals surface area contributed by atoms with Crippen molar-refractivity contribution >= 4 is 23.5 Å². The quantitative estimate of drug-likeness (QED) is 0.507. The molecule has 0 radical (unpaired) electrons. The first-order valence-electron chi connectivity index (χ1n) is 5.86. The van der Waals surface area contributed by atoms with E-state index in [1.54, 1.807) is 12.4 Å². The van der Waals surface area contributed by atoms with Gasteiger partial charge < -0.3 is 5.32 Å². The molecule has 0 saturated carbocycles. The van der Waals surface area contributed by atoms with Crippen LogP contribution in [0, 0.1) is 0 Å². The van der Waals surface area contributed by atoms with Crippen LogP contribution in [0.5, 0.6) is 0 Å². The SMILES string of the molecule is S=C(NCc1ccccc1)N/N=C\c1ccccn1. The van der Waals surface area contributed by atoms with Crippen LogP contribution >= 0.6 is 12.2 Å². The summed E-state index contributed by atoms with van der Waals surface area (Å²) in [5, 5.41) is 7.57. The Kier molecular flexibility index (Phi) is 5.01. The zero-order chi connectivity index (χ0) is 13.3. The van der Waals surface area contributed by atoms with Crippen molar-refractivity contribution in [3.63, 3.8) is 0 Å². The molecule has 96 valence electrons. The van der Waals surface area contributed by atoms with Crippen molar-refractivity contribution in [1.82, 2.24) is 15.7 Å². The van der Waals surface area contributed by atoms with Gasteiger partial charge in [-0.25, -0.2) is 0 Å². The molecule has 0 amide bonds. The van der Waals surface area contributed by atoms with Crippen molar-refractivity contribution < 1.29 is 0 Å². The van der Waals surface area contributed by atoms with Crippen molar-refractivity contribution in [1.29, 1.82) is 0 Å². The number of aromatic nitrogens is 1. The van der Waals surface area contributed by atoms with Crippen LogP contribution in [0.25, 0.3) is 0 Å². The molecule has 1 aromatic carbocycles. The molecule has 5 heteroatoms. The molecule has 0 aliphatic rings. The fourth-order valence-electron chi connectivity index (χ4n) is 1.43.